The van der Waals surface area contributed by atoms with Crippen LogP contribution in [0.1, 0.15) is 44.3 Å². The molecule has 4 heteroatoms. The van der Waals surface area contributed by atoms with Crippen LogP contribution in [0.15, 0.2) is 0 Å². The van der Waals surface area contributed by atoms with Gasteiger partial charge in [-0.15, -0.1) is 0 Å². The Hall–Kier alpha value is -0.900. The third-order valence-electron chi connectivity index (χ3n) is 3.12. The maximum absolute atomic E-state index is 4.48. The number of hydrogen-bond acceptors (Lipinski definition) is 3. The van der Waals surface area contributed by atoms with Crippen molar-refractivity contribution in [3.63, 3.8) is 0 Å². The number of aryl methyl sites for hydroxylation is 2. The molecule has 1 fully saturated rings. The molecule has 0 atom stereocenters. The van der Waals surface area contributed by atoms with E-state index in [9.17, 15) is 0 Å². The Morgan fingerprint density at radius 3 is 2.73 bits per heavy atom. The van der Waals surface area contributed by atoms with Crippen LogP contribution in [0.2, 0.25) is 0 Å². The molecule has 0 aliphatic heterocycles. The minimum atomic E-state index is 0.701. The number of hydrogen-bond donors (Lipinski definition) is 1. The lowest BCUT2D eigenvalue weighted by atomic mass is 10.2. The zero-order valence-electron chi connectivity index (χ0n) is 9.66. The number of rotatable bonds is 4. The Bertz CT molecular complexity index is 312. The molecule has 0 bridgehead atoms. The van der Waals surface area contributed by atoms with Gasteiger partial charge in [-0.2, -0.15) is 5.10 Å². The second-order valence-electron chi connectivity index (χ2n) is 4.28. The molecule has 0 amide bonds. The van der Waals surface area contributed by atoms with Crippen molar-refractivity contribution in [2.24, 2.45) is 7.05 Å². The number of aromatic nitrogens is 3. The molecular weight excluding hydrogens is 188 g/mol. The van der Waals surface area contributed by atoms with Gasteiger partial charge in [-0.3, -0.25) is 4.68 Å². The van der Waals surface area contributed by atoms with Gasteiger partial charge in [-0.25, -0.2) is 4.98 Å². The third-order valence-corrected chi connectivity index (χ3v) is 3.12. The maximum atomic E-state index is 4.48. The second-order valence-corrected chi connectivity index (χ2v) is 4.28. The van der Waals surface area contributed by atoms with Crippen LogP contribution in [0.4, 0.5) is 0 Å². The summed E-state index contributed by atoms with van der Waals surface area (Å²) in [5.74, 6) is 2.00. The summed E-state index contributed by atoms with van der Waals surface area (Å²) in [6, 6.07) is 0.701. The molecule has 1 heterocycles. The quantitative estimate of drug-likeness (QED) is 0.813. The van der Waals surface area contributed by atoms with Gasteiger partial charge >= 0.3 is 0 Å². The molecule has 4 nitrogen and oxygen atoms in total. The smallest absolute Gasteiger partial charge is 0.150 e. The van der Waals surface area contributed by atoms with Crippen molar-refractivity contribution in [3.8, 4) is 0 Å². The zero-order chi connectivity index (χ0) is 10.7. The Morgan fingerprint density at radius 1 is 1.40 bits per heavy atom. The monoisotopic (exact) mass is 208 g/mol. The van der Waals surface area contributed by atoms with Gasteiger partial charge in [0.05, 0.1) is 6.54 Å². The molecule has 1 aliphatic rings. The van der Waals surface area contributed by atoms with Crippen LogP contribution < -0.4 is 5.32 Å². The lowest BCUT2D eigenvalue weighted by molar-refractivity contribution is 0.502. The van der Waals surface area contributed by atoms with E-state index >= 15 is 0 Å². The first-order valence-electron chi connectivity index (χ1n) is 5.91. The summed E-state index contributed by atoms with van der Waals surface area (Å²) in [5, 5.41) is 7.89. The van der Waals surface area contributed by atoms with Gasteiger partial charge in [-0.1, -0.05) is 19.8 Å². The number of nitrogens with zero attached hydrogens (tertiary/aromatic N) is 3. The Morgan fingerprint density at radius 2 is 2.13 bits per heavy atom. The van der Waals surface area contributed by atoms with Crippen molar-refractivity contribution in [3.05, 3.63) is 11.6 Å². The minimum Gasteiger partial charge on any atom is -0.307 e. The van der Waals surface area contributed by atoms with Gasteiger partial charge in [0, 0.05) is 19.5 Å². The number of nitrogens with one attached hydrogen (secondary N) is 1. The molecule has 15 heavy (non-hydrogen) atoms. The standard InChI is InChI=1S/C11H20N4/c1-3-10-13-11(15(2)14-10)8-12-9-6-4-5-7-9/h9,12H,3-8H2,1-2H3. The maximum Gasteiger partial charge on any atom is 0.150 e. The van der Waals surface area contributed by atoms with Crippen LogP contribution in [0, 0.1) is 0 Å². The van der Waals surface area contributed by atoms with E-state index in [0.717, 1.165) is 24.6 Å². The van der Waals surface area contributed by atoms with Crippen LogP contribution in [0.25, 0.3) is 0 Å². The SMILES string of the molecule is CCc1nc(CNC2CCCC2)n(C)n1. The summed E-state index contributed by atoms with van der Waals surface area (Å²) in [6.07, 6.45) is 6.29. The van der Waals surface area contributed by atoms with Crippen molar-refractivity contribution in [1.29, 1.82) is 0 Å². The van der Waals surface area contributed by atoms with E-state index in [1.54, 1.807) is 0 Å². The predicted molar refractivity (Wildman–Crippen MR) is 59.5 cm³/mol. The first kappa shape index (κ1) is 10.6. The van der Waals surface area contributed by atoms with Crippen molar-refractivity contribution in [2.45, 2.75) is 51.6 Å². The van der Waals surface area contributed by atoms with Crippen molar-refractivity contribution < 1.29 is 0 Å². The van der Waals surface area contributed by atoms with E-state index < -0.39 is 0 Å². The average Bonchev–Trinajstić information content (AvgIpc) is 2.84. The molecular formula is C11H20N4. The van der Waals surface area contributed by atoms with Crippen molar-refractivity contribution in [2.75, 3.05) is 0 Å². The summed E-state index contributed by atoms with van der Waals surface area (Å²) >= 11 is 0. The summed E-state index contributed by atoms with van der Waals surface area (Å²) < 4.78 is 1.89. The van der Waals surface area contributed by atoms with Gasteiger partial charge in [0.25, 0.3) is 0 Å². The van der Waals surface area contributed by atoms with Crippen molar-refractivity contribution in [1.82, 2.24) is 20.1 Å². The van der Waals surface area contributed by atoms with Crippen LogP contribution in [0.3, 0.4) is 0 Å². The minimum absolute atomic E-state index is 0.701. The van der Waals surface area contributed by atoms with Gasteiger partial charge in [0.1, 0.15) is 5.82 Å². The Balaban J connectivity index is 1.89. The van der Waals surface area contributed by atoms with Crippen LogP contribution in [-0.2, 0) is 20.0 Å². The molecule has 0 aromatic carbocycles. The summed E-state index contributed by atoms with van der Waals surface area (Å²) in [5.41, 5.74) is 0. The molecule has 84 valence electrons. The summed E-state index contributed by atoms with van der Waals surface area (Å²) in [6.45, 7) is 2.94. The second kappa shape index (κ2) is 4.75. The topological polar surface area (TPSA) is 42.7 Å². The van der Waals surface area contributed by atoms with E-state index in [4.69, 9.17) is 0 Å². The highest BCUT2D eigenvalue weighted by atomic mass is 15.3. The average molecular weight is 208 g/mol. The normalized spacial score (nSPS) is 17.5. The molecule has 1 aromatic heterocycles. The predicted octanol–water partition coefficient (Wildman–Crippen LogP) is 1.41. The lowest BCUT2D eigenvalue weighted by Crippen LogP contribution is -2.26. The fraction of sp³-hybridized carbons (Fsp3) is 0.818. The highest BCUT2D eigenvalue weighted by Gasteiger charge is 2.15. The zero-order valence-corrected chi connectivity index (χ0v) is 9.66. The molecule has 0 spiro atoms. The highest BCUT2D eigenvalue weighted by molar-refractivity contribution is 4.92. The van der Waals surface area contributed by atoms with E-state index in [0.29, 0.717) is 6.04 Å². The highest BCUT2D eigenvalue weighted by Crippen LogP contribution is 2.17. The van der Waals surface area contributed by atoms with Gasteiger partial charge in [-0.05, 0) is 12.8 Å². The summed E-state index contributed by atoms with van der Waals surface area (Å²) in [4.78, 5) is 4.48. The van der Waals surface area contributed by atoms with Gasteiger partial charge in [0.15, 0.2) is 5.82 Å². The van der Waals surface area contributed by atoms with Crippen molar-refractivity contribution >= 4 is 0 Å². The lowest BCUT2D eigenvalue weighted by Gasteiger charge is -2.10. The van der Waals surface area contributed by atoms with Gasteiger partial charge < -0.3 is 5.32 Å². The first-order chi connectivity index (χ1) is 7.29. The van der Waals surface area contributed by atoms with E-state index in [1.807, 2.05) is 11.7 Å². The molecule has 1 aromatic rings. The third kappa shape index (κ3) is 2.56. The fourth-order valence-electron chi connectivity index (χ4n) is 2.14. The van der Waals surface area contributed by atoms with E-state index in [1.165, 1.54) is 25.7 Å². The van der Waals surface area contributed by atoms with Gasteiger partial charge in [0.2, 0.25) is 0 Å². The van der Waals surface area contributed by atoms with E-state index in [-0.39, 0.29) is 0 Å². The Kier molecular flexibility index (Phi) is 3.36. The van der Waals surface area contributed by atoms with Crippen LogP contribution in [0.5, 0.6) is 0 Å². The summed E-state index contributed by atoms with van der Waals surface area (Å²) in [7, 11) is 1.97. The fourth-order valence-corrected chi connectivity index (χ4v) is 2.14. The molecule has 0 saturated heterocycles. The van der Waals surface area contributed by atoms with E-state index in [2.05, 4.69) is 22.3 Å². The largest absolute Gasteiger partial charge is 0.307 e. The molecule has 0 radical (unpaired) electrons. The first-order valence-corrected chi connectivity index (χ1v) is 5.91. The molecule has 2 rings (SSSR count). The molecule has 1 aliphatic carbocycles. The molecule has 0 unspecified atom stereocenters. The van der Waals surface area contributed by atoms with Crippen LogP contribution in [-0.4, -0.2) is 20.8 Å². The van der Waals surface area contributed by atoms with Crippen LogP contribution >= 0.6 is 0 Å². The Labute approximate surface area is 91.1 Å². The molecule has 1 saturated carbocycles. The molecule has 1 N–H and O–H groups in total.